The van der Waals surface area contributed by atoms with Crippen LogP contribution in [0, 0.1) is 5.92 Å². The number of carboxylic acids is 1. The molecule has 0 aromatic carbocycles. The normalized spacial score (nSPS) is 22.2. The average molecular weight is 310 g/mol. The highest BCUT2D eigenvalue weighted by Crippen LogP contribution is 2.34. The van der Waals surface area contributed by atoms with Crippen molar-refractivity contribution in [2.75, 3.05) is 11.9 Å². The topological polar surface area (TPSA) is 53.4 Å². The summed E-state index contributed by atoms with van der Waals surface area (Å²) in [4.78, 5) is 18.6. The first-order valence-electron chi connectivity index (χ1n) is 8.02. The smallest absolute Gasteiger partial charge is 0.347 e. The van der Waals surface area contributed by atoms with Gasteiger partial charge in [-0.15, -0.1) is 0 Å². The number of aryl methyl sites for hydroxylation is 1. The van der Waals surface area contributed by atoms with Crippen LogP contribution in [-0.2, 0) is 6.42 Å². The van der Waals surface area contributed by atoms with Gasteiger partial charge < -0.3 is 10.0 Å². The summed E-state index contributed by atoms with van der Waals surface area (Å²) in [6.07, 6.45) is 7.90. The fraction of sp³-hybridized carbons (Fsp3) is 0.750. The van der Waals surface area contributed by atoms with Crippen LogP contribution < -0.4 is 4.90 Å². The molecule has 1 fully saturated rings. The molecule has 1 aliphatic rings. The highest BCUT2D eigenvalue weighted by Gasteiger charge is 2.26. The Balaban J connectivity index is 2.10. The summed E-state index contributed by atoms with van der Waals surface area (Å²) in [7, 11) is 2.07. The van der Waals surface area contributed by atoms with Gasteiger partial charge in [-0.2, -0.15) is 0 Å². The summed E-state index contributed by atoms with van der Waals surface area (Å²) in [5, 5.41) is 10.2. The van der Waals surface area contributed by atoms with Gasteiger partial charge in [0.2, 0.25) is 0 Å². The van der Waals surface area contributed by atoms with Gasteiger partial charge in [-0.25, -0.2) is 9.78 Å². The van der Waals surface area contributed by atoms with E-state index in [0.717, 1.165) is 29.6 Å². The van der Waals surface area contributed by atoms with E-state index >= 15 is 0 Å². The maximum Gasteiger partial charge on any atom is 0.347 e. The van der Waals surface area contributed by atoms with Crippen LogP contribution in [0.5, 0.6) is 0 Å². The monoisotopic (exact) mass is 310 g/mol. The fourth-order valence-corrected chi connectivity index (χ4v) is 4.14. The van der Waals surface area contributed by atoms with Crippen LogP contribution in [0.1, 0.15) is 67.7 Å². The summed E-state index contributed by atoms with van der Waals surface area (Å²) in [5.74, 6) is 0.0291. The van der Waals surface area contributed by atoms with Gasteiger partial charge in [-0.05, 0) is 38.0 Å². The van der Waals surface area contributed by atoms with E-state index in [1.807, 2.05) is 0 Å². The summed E-state index contributed by atoms with van der Waals surface area (Å²) < 4.78 is 0. The summed E-state index contributed by atoms with van der Waals surface area (Å²) in [6.45, 7) is 4.33. The van der Waals surface area contributed by atoms with Crippen LogP contribution in [0.15, 0.2) is 0 Å². The van der Waals surface area contributed by atoms with Gasteiger partial charge in [0.1, 0.15) is 4.88 Å². The lowest BCUT2D eigenvalue weighted by Gasteiger charge is -2.34. The van der Waals surface area contributed by atoms with Crippen LogP contribution >= 0.6 is 11.3 Å². The van der Waals surface area contributed by atoms with Crippen molar-refractivity contribution < 1.29 is 9.90 Å². The van der Waals surface area contributed by atoms with Gasteiger partial charge in [-0.1, -0.05) is 38.0 Å². The number of hydrogen-bond donors (Lipinski definition) is 1. The Morgan fingerprint density at radius 2 is 2.00 bits per heavy atom. The van der Waals surface area contributed by atoms with Crippen LogP contribution in [0.3, 0.4) is 0 Å². The summed E-state index contributed by atoms with van der Waals surface area (Å²) in [5.41, 5.74) is 0.749. The Morgan fingerprint density at radius 1 is 1.33 bits per heavy atom. The van der Waals surface area contributed by atoms with E-state index in [0.29, 0.717) is 10.9 Å². The molecule has 0 atom stereocenters. The second kappa shape index (κ2) is 7.25. The van der Waals surface area contributed by atoms with E-state index in [4.69, 9.17) is 0 Å². The Morgan fingerprint density at radius 3 is 2.52 bits per heavy atom. The molecule has 0 amide bonds. The van der Waals surface area contributed by atoms with E-state index in [1.54, 1.807) is 0 Å². The first-order chi connectivity index (χ1) is 10.1. The highest BCUT2D eigenvalue weighted by atomic mass is 32.1. The number of hydrogen-bond acceptors (Lipinski definition) is 4. The number of rotatable bonds is 6. The second-order valence-corrected chi connectivity index (χ2v) is 7.00. The Hall–Kier alpha value is -1.10. The number of carbonyl (C=O) groups is 1. The molecule has 0 spiro atoms. The zero-order valence-corrected chi connectivity index (χ0v) is 14.1. The SMILES string of the molecule is CCCc1nc(N(C)C2CCC(CC)CC2)sc1C(=O)O. The summed E-state index contributed by atoms with van der Waals surface area (Å²) >= 11 is 1.33. The van der Waals surface area contributed by atoms with Crippen molar-refractivity contribution >= 4 is 22.4 Å². The quantitative estimate of drug-likeness (QED) is 0.855. The van der Waals surface area contributed by atoms with E-state index in [9.17, 15) is 9.90 Å². The zero-order valence-electron chi connectivity index (χ0n) is 13.3. The lowest BCUT2D eigenvalue weighted by Crippen LogP contribution is -2.35. The third-order valence-electron chi connectivity index (χ3n) is 4.61. The lowest BCUT2D eigenvalue weighted by molar-refractivity contribution is 0.0700. The van der Waals surface area contributed by atoms with E-state index in [2.05, 4.69) is 30.8 Å². The predicted octanol–water partition coefficient (Wildman–Crippen LogP) is 4.20. The number of aromatic nitrogens is 1. The van der Waals surface area contributed by atoms with Crippen LogP contribution in [-0.4, -0.2) is 29.1 Å². The van der Waals surface area contributed by atoms with Gasteiger partial charge in [0, 0.05) is 13.1 Å². The predicted molar refractivity (Wildman–Crippen MR) is 87.5 cm³/mol. The number of anilines is 1. The van der Waals surface area contributed by atoms with Crippen molar-refractivity contribution in [3.63, 3.8) is 0 Å². The van der Waals surface area contributed by atoms with Crippen molar-refractivity contribution in [1.82, 2.24) is 4.98 Å². The van der Waals surface area contributed by atoms with Gasteiger partial charge in [0.15, 0.2) is 5.13 Å². The Labute approximate surface area is 131 Å². The van der Waals surface area contributed by atoms with E-state index in [-0.39, 0.29) is 0 Å². The molecule has 0 aliphatic heterocycles. The Bertz CT molecular complexity index is 479. The molecule has 1 aromatic rings. The zero-order chi connectivity index (χ0) is 15.4. The van der Waals surface area contributed by atoms with Gasteiger partial charge in [-0.3, -0.25) is 0 Å². The van der Waals surface area contributed by atoms with Gasteiger partial charge in [0.05, 0.1) is 5.69 Å². The molecule has 4 nitrogen and oxygen atoms in total. The molecule has 2 rings (SSSR count). The molecule has 1 saturated carbocycles. The minimum Gasteiger partial charge on any atom is -0.477 e. The van der Waals surface area contributed by atoms with Crippen LogP contribution in [0.25, 0.3) is 0 Å². The van der Waals surface area contributed by atoms with Crippen LogP contribution in [0.4, 0.5) is 5.13 Å². The molecular formula is C16H26N2O2S. The minimum absolute atomic E-state index is 0.418. The van der Waals surface area contributed by atoms with Crippen molar-refractivity contribution in [1.29, 1.82) is 0 Å². The number of nitrogens with zero attached hydrogens (tertiary/aromatic N) is 2. The first kappa shape index (κ1) is 16.3. The standard InChI is InChI=1S/C16H26N2O2S/c1-4-6-13-14(15(19)20)21-16(17-13)18(3)12-9-7-11(5-2)8-10-12/h11-12H,4-10H2,1-3H3,(H,19,20). The average Bonchev–Trinajstić information content (AvgIpc) is 2.91. The molecular weight excluding hydrogens is 284 g/mol. The van der Waals surface area contributed by atoms with Crippen molar-refractivity contribution in [3.8, 4) is 0 Å². The largest absolute Gasteiger partial charge is 0.477 e. The number of thiazole rings is 1. The third kappa shape index (κ3) is 3.76. The molecule has 0 radical (unpaired) electrons. The molecule has 5 heteroatoms. The Kier molecular flexibility index (Phi) is 5.62. The molecule has 118 valence electrons. The fourth-order valence-electron chi connectivity index (χ4n) is 3.16. The molecule has 1 N–H and O–H groups in total. The molecule has 21 heavy (non-hydrogen) atoms. The van der Waals surface area contributed by atoms with Crippen molar-refractivity contribution in [3.05, 3.63) is 10.6 Å². The van der Waals surface area contributed by atoms with E-state index in [1.165, 1.54) is 43.4 Å². The number of aromatic carboxylic acids is 1. The molecule has 1 aliphatic carbocycles. The maximum atomic E-state index is 11.3. The van der Waals surface area contributed by atoms with Crippen LogP contribution in [0.2, 0.25) is 0 Å². The minimum atomic E-state index is -0.842. The highest BCUT2D eigenvalue weighted by molar-refractivity contribution is 7.17. The summed E-state index contributed by atoms with van der Waals surface area (Å²) in [6, 6.07) is 0.509. The maximum absolute atomic E-state index is 11.3. The molecule has 1 heterocycles. The van der Waals surface area contributed by atoms with Gasteiger partial charge >= 0.3 is 5.97 Å². The molecule has 0 saturated heterocycles. The van der Waals surface area contributed by atoms with Gasteiger partial charge in [0.25, 0.3) is 0 Å². The van der Waals surface area contributed by atoms with Crippen molar-refractivity contribution in [2.24, 2.45) is 5.92 Å². The third-order valence-corrected chi connectivity index (χ3v) is 5.79. The number of carboxylic acid groups (broad SMARTS) is 1. The lowest BCUT2D eigenvalue weighted by atomic mass is 9.84. The van der Waals surface area contributed by atoms with E-state index < -0.39 is 5.97 Å². The molecule has 1 aromatic heterocycles. The molecule has 0 unspecified atom stereocenters. The molecule has 0 bridgehead atoms. The second-order valence-electron chi connectivity index (χ2n) is 6.02. The first-order valence-corrected chi connectivity index (χ1v) is 8.84. The van der Waals surface area contributed by atoms with Crippen molar-refractivity contribution in [2.45, 2.75) is 64.8 Å².